The standard InChI is InChI=1S/C12H19NO2/c1-2-11(15)13-8-7-12(9-13)5-3-10(14)4-6-12/h2-9H2,1H3. The van der Waals surface area contributed by atoms with Crippen LogP contribution in [0, 0.1) is 5.41 Å². The molecule has 1 saturated carbocycles. The molecule has 1 aliphatic heterocycles. The first-order valence-electron chi connectivity index (χ1n) is 5.95. The van der Waals surface area contributed by atoms with E-state index in [-0.39, 0.29) is 5.91 Å². The van der Waals surface area contributed by atoms with Crippen LogP contribution in [0.1, 0.15) is 45.4 Å². The minimum absolute atomic E-state index is 0.267. The van der Waals surface area contributed by atoms with Crippen molar-refractivity contribution in [2.24, 2.45) is 5.41 Å². The van der Waals surface area contributed by atoms with Crippen molar-refractivity contribution in [3.8, 4) is 0 Å². The Morgan fingerprint density at radius 1 is 1.33 bits per heavy atom. The fraction of sp³-hybridized carbons (Fsp3) is 0.833. The van der Waals surface area contributed by atoms with Gasteiger partial charge in [0, 0.05) is 32.4 Å². The number of hydrogen-bond acceptors (Lipinski definition) is 2. The van der Waals surface area contributed by atoms with Gasteiger partial charge in [-0.2, -0.15) is 0 Å². The third-order valence-electron chi connectivity index (χ3n) is 3.96. The third-order valence-corrected chi connectivity index (χ3v) is 3.96. The Hall–Kier alpha value is -0.860. The lowest BCUT2D eigenvalue weighted by molar-refractivity contribution is -0.130. The Morgan fingerprint density at radius 2 is 2.00 bits per heavy atom. The van der Waals surface area contributed by atoms with Crippen molar-refractivity contribution in [2.75, 3.05) is 13.1 Å². The second-order valence-electron chi connectivity index (χ2n) is 4.96. The number of hydrogen-bond donors (Lipinski definition) is 0. The molecule has 2 fully saturated rings. The summed E-state index contributed by atoms with van der Waals surface area (Å²) in [6.45, 7) is 3.71. The topological polar surface area (TPSA) is 37.4 Å². The number of rotatable bonds is 1. The van der Waals surface area contributed by atoms with Crippen molar-refractivity contribution < 1.29 is 9.59 Å². The van der Waals surface area contributed by atoms with E-state index in [4.69, 9.17) is 0 Å². The molecule has 15 heavy (non-hydrogen) atoms. The Labute approximate surface area is 90.8 Å². The van der Waals surface area contributed by atoms with Crippen LogP contribution in [0.15, 0.2) is 0 Å². The SMILES string of the molecule is CCC(=O)N1CCC2(CCC(=O)CC2)C1. The van der Waals surface area contributed by atoms with Gasteiger partial charge in [-0.15, -0.1) is 0 Å². The highest BCUT2D eigenvalue weighted by Gasteiger charge is 2.41. The summed E-state index contributed by atoms with van der Waals surface area (Å²) in [5.41, 5.74) is 0.290. The summed E-state index contributed by atoms with van der Waals surface area (Å²) in [7, 11) is 0. The largest absolute Gasteiger partial charge is 0.342 e. The van der Waals surface area contributed by atoms with Crippen molar-refractivity contribution in [1.82, 2.24) is 4.90 Å². The molecule has 2 aliphatic rings. The first-order chi connectivity index (χ1) is 7.15. The van der Waals surface area contributed by atoms with Gasteiger partial charge in [0.1, 0.15) is 5.78 Å². The van der Waals surface area contributed by atoms with Crippen molar-refractivity contribution in [3.05, 3.63) is 0 Å². The van der Waals surface area contributed by atoms with Gasteiger partial charge in [-0.25, -0.2) is 0 Å². The van der Waals surface area contributed by atoms with Crippen molar-refractivity contribution in [1.29, 1.82) is 0 Å². The molecule has 1 spiro atoms. The molecule has 0 radical (unpaired) electrons. The molecule has 1 heterocycles. The number of likely N-dealkylation sites (tertiary alicyclic amines) is 1. The van der Waals surface area contributed by atoms with Crippen molar-refractivity contribution in [3.63, 3.8) is 0 Å². The van der Waals surface area contributed by atoms with Crippen molar-refractivity contribution in [2.45, 2.75) is 45.4 Å². The van der Waals surface area contributed by atoms with E-state index >= 15 is 0 Å². The van der Waals surface area contributed by atoms with Gasteiger partial charge in [-0.1, -0.05) is 6.92 Å². The molecule has 0 unspecified atom stereocenters. The number of Topliss-reactive ketones (excluding diaryl/α,β-unsaturated/α-hetero) is 1. The van der Waals surface area contributed by atoms with Crippen LogP contribution in [-0.4, -0.2) is 29.7 Å². The van der Waals surface area contributed by atoms with Crippen LogP contribution in [0.5, 0.6) is 0 Å². The number of carbonyl (C=O) groups excluding carboxylic acids is 2. The van der Waals surface area contributed by atoms with Gasteiger partial charge in [0.05, 0.1) is 0 Å². The molecule has 84 valence electrons. The fourth-order valence-corrected chi connectivity index (χ4v) is 2.84. The fourth-order valence-electron chi connectivity index (χ4n) is 2.84. The van der Waals surface area contributed by atoms with Gasteiger partial charge in [0.2, 0.25) is 5.91 Å². The van der Waals surface area contributed by atoms with E-state index in [9.17, 15) is 9.59 Å². The first-order valence-corrected chi connectivity index (χ1v) is 5.95. The Morgan fingerprint density at radius 3 is 2.60 bits per heavy atom. The number of ketones is 1. The lowest BCUT2D eigenvalue weighted by atomic mass is 9.73. The molecule has 0 aromatic rings. The molecule has 0 N–H and O–H groups in total. The molecular weight excluding hydrogens is 190 g/mol. The normalized spacial score (nSPS) is 24.9. The van der Waals surface area contributed by atoms with Crippen LogP contribution in [0.2, 0.25) is 0 Å². The summed E-state index contributed by atoms with van der Waals surface area (Å²) in [5, 5.41) is 0. The molecule has 1 amide bonds. The van der Waals surface area contributed by atoms with Gasteiger partial charge < -0.3 is 4.90 Å². The summed E-state index contributed by atoms with van der Waals surface area (Å²) in [6, 6.07) is 0. The summed E-state index contributed by atoms with van der Waals surface area (Å²) in [4.78, 5) is 24.7. The highest BCUT2D eigenvalue weighted by atomic mass is 16.2. The van der Waals surface area contributed by atoms with Gasteiger partial charge in [0.25, 0.3) is 0 Å². The molecule has 2 rings (SSSR count). The maximum Gasteiger partial charge on any atom is 0.222 e. The summed E-state index contributed by atoms with van der Waals surface area (Å²) < 4.78 is 0. The predicted octanol–water partition coefficient (Wildman–Crippen LogP) is 1.76. The minimum Gasteiger partial charge on any atom is -0.342 e. The van der Waals surface area contributed by atoms with E-state index in [1.54, 1.807) is 0 Å². The summed E-state index contributed by atoms with van der Waals surface area (Å²) >= 11 is 0. The Balaban J connectivity index is 1.96. The zero-order valence-electron chi connectivity index (χ0n) is 9.42. The third kappa shape index (κ3) is 2.06. The molecule has 1 saturated heterocycles. The van der Waals surface area contributed by atoms with E-state index in [0.717, 1.165) is 45.2 Å². The van der Waals surface area contributed by atoms with Gasteiger partial charge >= 0.3 is 0 Å². The number of amides is 1. The zero-order chi connectivity index (χ0) is 10.9. The van der Waals surface area contributed by atoms with E-state index in [1.807, 2.05) is 11.8 Å². The minimum atomic E-state index is 0.267. The zero-order valence-corrected chi connectivity index (χ0v) is 9.42. The molecule has 0 aromatic carbocycles. The number of carbonyl (C=O) groups is 2. The average Bonchev–Trinajstić information content (AvgIpc) is 2.66. The van der Waals surface area contributed by atoms with Crippen LogP contribution < -0.4 is 0 Å². The van der Waals surface area contributed by atoms with Crippen LogP contribution in [0.3, 0.4) is 0 Å². The van der Waals surface area contributed by atoms with Crippen LogP contribution in [0.25, 0.3) is 0 Å². The van der Waals surface area contributed by atoms with E-state index < -0.39 is 0 Å². The molecular formula is C12H19NO2. The van der Waals surface area contributed by atoms with Crippen LogP contribution in [0.4, 0.5) is 0 Å². The lowest BCUT2D eigenvalue weighted by Crippen LogP contribution is -2.34. The molecule has 3 heteroatoms. The second-order valence-corrected chi connectivity index (χ2v) is 4.96. The van der Waals surface area contributed by atoms with E-state index in [0.29, 0.717) is 17.6 Å². The quantitative estimate of drug-likeness (QED) is 0.660. The molecule has 1 aliphatic carbocycles. The molecule has 3 nitrogen and oxygen atoms in total. The monoisotopic (exact) mass is 209 g/mol. The maximum absolute atomic E-state index is 11.6. The Kier molecular flexibility index (Phi) is 2.81. The highest BCUT2D eigenvalue weighted by molar-refractivity contribution is 5.79. The highest BCUT2D eigenvalue weighted by Crippen LogP contribution is 2.42. The summed E-state index contributed by atoms with van der Waals surface area (Å²) in [5.74, 6) is 0.671. The van der Waals surface area contributed by atoms with E-state index in [1.165, 1.54) is 0 Å². The van der Waals surface area contributed by atoms with E-state index in [2.05, 4.69) is 0 Å². The number of nitrogens with zero attached hydrogens (tertiary/aromatic N) is 1. The van der Waals surface area contributed by atoms with Crippen molar-refractivity contribution >= 4 is 11.7 Å². The Bertz CT molecular complexity index is 275. The summed E-state index contributed by atoms with van der Waals surface area (Å²) in [6.07, 6.45) is 5.17. The lowest BCUT2D eigenvalue weighted by Gasteiger charge is -2.32. The second kappa shape index (κ2) is 3.95. The van der Waals surface area contributed by atoms with Gasteiger partial charge in [-0.05, 0) is 24.7 Å². The first kappa shape index (κ1) is 10.7. The predicted molar refractivity (Wildman–Crippen MR) is 57.4 cm³/mol. The van der Waals surface area contributed by atoms with Gasteiger partial charge in [0.15, 0.2) is 0 Å². The van der Waals surface area contributed by atoms with Gasteiger partial charge in [-0.3, -0.25) is 9.59 Å². The van der Waals surface area contributed by atoms with Crippen LogP contribution >= 0.6 is 0 Å². The van der Waals surface area contributed by atoms with Crippen LogP contribution in [-0.2, 0) is 9.59 Å². The molecule has 0 bridgehead atoms. The average molecular weight is 209 g/mol. The molecule has 0 aromatic heterocycles. The maximum atomic E-state index is 11.6. The molecule has 0 atom stereocenters. The smallest absolute Gasteiger partial charge is 0.222 e.